The smallest absolute Gasteiger partial charge is 0.246 e. The Morgan fingerprint density at radius 1 is 1.44 bits per heavy atom. The van der Waals surface area contributed by atoms with E-state index in [2.05, 4.69) is 32.2 Å². The van der Waals surface area contributed by atoms with Gasteiger partial charge < -0.3 is 20.5 Å². The Morgan fingerprint density at radius 3 is 3.04 bits per heavy atom. The number of amides is 2. The van der Waals surface area contributed by atoms with Gasteiger partial charge in [-0.1, -0.05) is 6.58 Å². The fourth-order valence-corrected chi connectivity index (χ4v) is 3.19. The quantitative estimate of drug-likeness (QED) is 0.705. The minimum atomic E-state index is -0.128. The van der Waals surface area contributed by atoms with Crippen LogP contribution >= 0.6 is 0 Å². The lowest BCUT2D eigenvalue weighted by atomic mass is 9.97. The van der Waals surface area contributed by atoms with Crippen LogP contribution in [0.3, 0.4) is 0 Å². The molecule has 0 saturated carbocycles. The van der Waals surface area contributed by atoms with E-state index < -0.39 is 0 Å². The van der Waals surface area contributed by atoms with Gasteiger partial charge in [0.1, 0.15) is 17.8 Å². The molecule has 2 aromatic rings. The topological polar surface area (TPSA) is 103 Å². The van der Waals surface area contributed by atoms with E-state index in [1.165, 1.54) is 19.3 Å². The summed E-state index contributed by atoms with van der Waals surface area (Å²) >= 11 is 0. The van der Waals surface area contributed by atoms with Gasteiger partial charge in [0.15, 0.2) is 0 Å². The number of nitrogens with zero attached hydrogens (tertiary/aromatic N) is 3. The Bertz CT molecular complexity index is 786. The van der Waals surface area contributed by atoms with E-state index in [0.717, 1.165) is 29.7 Å². The van der Waals surface area contributed by atoms with E-state index >= 15 is 0 Å². The number of fused-ring (bicyclic) bond motifs is 1. The molecule has 1 saturated heterocycles. The molecule has 1 aliphatic heterocycles. The molecule has 1 fully saturated rings. The van der Waals surface area contributed by atoms with Crippen LogP contribution in [0.15, 0.2) is 31.2 Å². The summed E-state index contributed by atoms with van der Waals surface area (Å²) < 4.78 is 0. The van der Waals surface area contributed by atoms with Crippen molar-refractivity contribution in [2.75, 3.05) is 18.4 Å². The number of anilines is 1. The molecule has 8 nitrogen and oxygen atoms in total. The minimum absolute atomic E-state index is 0.0230. The van der Waals surface area contributed by atoms with Gasteiger partial charge >= 0.3 is 0 Å². The molecule has 8 heteroatoms. The van der Waals surface area contributed by atoms with Crippen molar-refractivity contribution in [3.8, 4) is 0 Å². The molecule has 2 atom stereocenters. The summed E-state index contributed by atoms with van der Waals surface area (Å²) in [6, 6.07) is 1.97. The number of carbonyl (C=O) groups excluding carboxylic acids is 2. The second kappa shape index (κ2) is 7.33. The van der Waals surface area contributed by atoms with Gasteiger partial charge in [-0.15, -0.1) is 0 Å². The highest BCUT2D eigenvalue weighted by molar-refractivity contribution is 5.88. The molecule has 3 heterocycles. The fourth-order valence-electron chi connectivity index (χ4n) is 3.19. The molecule has 0 aromatic carbocycles. The van der Waals surface area contributed by atoms with Crippen LogP contribution in [0.5, 0.6) is 0 Å². The van der Waals surface area contributed by atoms with Crippen LogP contribution < -0.4 is 10.6 Å². The summed E-state index contributed by atoms with van der Waals surface area (Å²) in [5, 5.41) is 7.14. The zero-order chi connectivity index (χ0) is 17.8. The SMILES string of the molecule is C=CC(=O)N1C[C@H](Nc2ncnc3[nH]ccc23)CC[C@@H]1CNC(C)=O. The van der Waals surface area contributed by atoms with Crippen molar-refractivity contribution in [2.45, 2.75) is 31.8 Å². The van der Waals surface area contributed by atoms with E-state index in [9.17, 15) is 9.59 Å². The van der Waals surface area contributed by atoms with Gasteiger partial charge in [0, 0.05) is 38.3 Å². The number of piperidine rings is 1. The summed E-state index contributed by atoms with van der Waals surface area (Å²) in [4.78, 5) is 36.7. The Hall–Kier alpha value is -2.90. The van der Waals surface area contributed by atoms with Crippen LogP contribution in [-0.4, -0.2) is 56.8 Å². The van der Waals surface area contributed by atoms with E-state index in [1.54, 1.807) is 4.90 Å². The first kappa shape index (κ1) is 16.9. The number of aromatic amines is 1. The van der Waals surface area contributed by atoms with Crippen LogP contribution in [0.25, 0.3) is 11.0 Å². The van der Waals surface area contributed by atoms with Gasteiger partial charge in [0.05, 0.1) is 5.39 Å². The second-order valence-electron chi connectivity index (χ2n) is 6.17. The van der Waals surface area contributed by atoms with Gasteiger partial charge in [-0.25, -0.2) is 9.97 Å². The summed E-state index contributed by atoms with van der Waals surface area (Å²) in [5.41, 5.74) is 0.774. The zero-order valence-corrected chi connectivity index (χ0v) is 14.2. The van der Waals surface area contributed by atoms with Gasteiger partial charge in [0.2, 0.25) is 11.8 Å². The summed E-state index contributed by atoms with van der Waals surface area (Å²) in [7, 11) is 0. The molecule has 2 amide bonds. The first-order chi connectivity index (χ1) is 12.1. The Balaban J connectivity index is 1.72. The van der Waals surface area contributed by atoms with Gasteiger partial charge in [-0.2, -0.15) is 0 Å². The third-order valence-corrected chi connectivity index (χ3v) is 4.45. The fraction of sp³-hybridized carbons (Fsp3) is 0.412. The van der Waals surface area contributed by atoms with Crippen LogP contribution in [0.4, 0.5) is 5.82 Å². The molecule has 0 spiro atoms. The van der Waals surface area contributed by atoms with Gasteiger partial charge in [-0.3, -0.25) is 9.59 Å². The predicted octanol–water partition coefficient (Wildman–Crippen LogP) is 1.05. The maximum Gasteiger partial charge on any atom is 0.246 e. The number of aromatic nitrogens is 3. The molecule has 3 N–H and O–H groups in total. The number of carbonyl (C=O) groups is 2. The largest absolute Gasteiger partial charge is 0.365 e. The molecule has 0 aliphatic carbocycles. The Morgan fingerprint density at radius 2 is 2.28 bits per heavy atom. The first-order valence-corrected chi connectivity index (χ1v) is 8.30. The Kier molecular flexibility index (Phi) is 4.97. The number of H-pyrrole nitrogens is 1. The van der Waals surface area contributed by atoms with Crippen molar-refractivity contribution in [1.29, 1.82) is 0 Å². The van der Waals surface area contributed by atoms with Crippen LogP contribution in [0.2, 0.25) is 0 Å². The highest BCUT2D eigenvalue weighted by atomic mass is 16.2. The van der Waals surface area contributed by atoms with Crippen molar-refractivity contribution in [1.82, 2.24) is 25.2 Å². The third-order valence-electron chi connectivity index (χ3n) is 4.45. The monoisotopic (exact) mass is 342 g/mol. The summed E-state index contributed by atoms with van der Waals surface area (Å²) in [6.45, 7) is 6.05. The first-order valence-electron chi connectivity index (χ1n) is 8.30. The maximum absolute atomic E-state index is 12.2. The van der Waals surface area contributed by atoms with Crippen molar-refractivity contribution in [3.63, 3.8) is 0 Å². The molecule has 0 radical (unpaired) electrons. The number of nitrogens with one attached hydrogen (secondary N) is 3. The van der Waals surface area contributed by atoms with Crippen LogP contribution in [0, 0.1) is 0 Å². The lowest BCUT2D eigenvalue weighted by Gasteiger charge is -2.39. The number of hydrogen-bond donors (Lipinski definition) is 3. The summed E-state index contributed by atoms with van der Waals surface area (Å²) in [5.74, 6) is 0.529. The second-order valence-corrected chi connectivity index (χ2v) is 6.17. The van der Waals surface area contributed by atoms with Crippen LogP contribution in [-0.2, 0) is 9.59 Å². The van der Waals surface area contributed by atoms with E-state index in [-0.39, 0.29) is 23.9 Å². The molecular formula is C17H22N6O2. The van der Waals surface area contributed by atoms with E-state index in [1.807, 2.05) is 12.3 Å². The van der Waals surface area contributed by atoms with Crippen molar-refractivity contribution < 1.29 is 9.59 Å². The Labute approximate surface area is 145 Å². The summed E-state index contributed by atoms with van der Waals surface area (Å²) in [6.07, 6.45) is 6.32. The van der Waals surface area contributed by atoms with Gasteiger partial charge in [-0.05, 0) is 25.0 Å². The van der Waals surface area contributed by atoms with E-state index in [4.69, 9.17) is 0 Å². The van der Waals surface area contributed by atoms with Crippen LogP contribution in [0.1, 0.15) is 19.8 Å². The molecular weight excluding hydrogens is 320 g/mol. The third kappa shape index (κ3) is 3.78. The number of likely N-dealkylation sites (tertiary alicyclic amines) is 1. The molecule has 1 aliphatic rings. The maximum atomic E-state index is 12.2. The number of rotatable bonds is 5. The zero-order valence-electron chi connectivity index (χ0n) is 14.2. The lowest BCUT2D eigenvalue weighted by Crippen LogP contribution is -2.54. The number of hydrogen-bond acceptors (Lipinski definition) is 5. The highest BCUT2D eigenvalue weighted by Gasteiger charge is 2.31. The average molecular weight is 342 g/mol. The average Bonchev–Trinajstić information content (AvgIpc) is 3.09. The molecule has 3 rings (SSSR count). The molecule has 0 unspecified atom stereocenters. The van der Waals surface area contributed by atoms with E-state index in [0.29, 0.717) is 13.1 Å². The lowest BCUT2D eigenvalue weighted by molar-refractivity contribution is -0.130. The predicted molar refractivity (Wildman–Crippen MR) is 94.9 cm³/mol. The highest BCUT2D eigenvalue weighted by Crippen LogP contribution is 2.23. The van der Waals surface area contributed by atoms with Crippen molar-refractivity contribution in [3.05, 3.63) is 31.2 Å². The minimum Gasteiger partial charge on any atom is -0.365 e. The molecule has 0 bridgehead atoms. The normalized spacial score (nSPS) is 20.3. The standard InChI is InChI=1S/C17H22N6O2/c1-3-15(25)23-9-12(4-5-13(23)8-19-11(2)24)22-17-14-6-7-18-16(14)20-10-21-17/h3,6-7,10,12-13H,1,4-5,8-9H2,2H3,(H,19,24)(H2,18,20,21,22)/t12-,13-/m1/s1. The molecule has 25 heavy (non-hydrogen) atoms. The van der Waals surface area contributed by atoms with Crippen molar-refractivity contribution in [2.24, 2.45) is 0 Å². The van der Waals surface area contributed by atoms with Gasteiger partial charge in [0.25, 0.3) is 0 Å². The molecule has 2 aromatic heterocycles. The molecule has 132 valence electrons. The van der Waals surface area contributed by atoms with Crippen molar-refractivity contribution >= 4 is 28.7 Å².